The molecule has 1 N–H and O–H groups in total. The third-order valence-electron chi connectivity index (χ3n) is 3.37. The Balaban J connectivity index is 2.17. The summed E-state index contributed by atoms with van der Waals surface area (Å²) in [6.07, 6.45) is 3.16. The molecular weight excluding hydrogens is 274 g/mol. The molecule has 1 aromatic carbocycles. The first-order chi connectivity index (χ1) is 10.3. The quantitative estimate of drug-likeness (QED) is 0.904. The Labute approximate surface area is 121 Å². The molecule has 5 nitrogen and oxygen atoms in total. The molecule has 20 heavy (non-hydrogen) atoms. The minimum absolute atomic E-state index is 0.153. The molecule has 0 amide bonds. The predicted molar refractivity (Wildman–Crippen MR) is 78.0 cm³/mol. The number of pyridine rings is 1. The summed E-state index contributed by atoms with van der Waals surface area (Å²) in [4.78, 5) is 4.16. The highest BCUT2D eigenvalue weighted by molar-refractivity contribution is 7.89. The molecule has 6 heteroatoms. The summed E-state index contributed by atoms with van der Waals surface area (Å²) >= 11 is 0. The molecule has 0 spiro atoms. The van der Waals surface area contributed by atoms with Crippen LogP contribution in [0.2, 0.25) is 0 Å². The van der Waals surface area contributed by atoms with E-state index in [1.807, 2.05) is 0 Å². The van der Waals surface area contributed by atoms with Crippen molar-refractivity contribution in [1.29, 1.82) is 0 Å². The van der Waals surface area contributed by atoms with E-state index in [4.69, 9.17) is 2.74 Å². The minimum atomic E-state index is -3.87. The van der Waals surface area contributed by atoms with Crippen molar-refractivity contribution >= 4 is 20.8 Å². The van der Waals surface area contributed by atoms with Gasteiger partial charge in [0, 0.05) is 51.5 Å². The molecule has 0 saturated carbocycles. The standard InChI is InChI=1S/C14H17N3O2S/c1-11-9-16-7-8-17(11)20(18,19)14-4-2-3-12-10-15-6-5-13(12)14/h2-6,10-11,16H,7-9H2,1H3/i9D,11D. The Morgan fingerprint density at radius 2 is 2.35 bits per heavy atom. The monoisotopic (exact) mass is 293 g/mol. The van der Waals surface area contributed by atoms with E-state index >= 15 is 0 Å². The van der Waals surface area contributed by atoms with Crippen LogP contribution in [0.4, 0.5) is 0 Å². The number of nitrogens with zero attached hydrogens (tertiary/aromatic N) is 2. The van der Waals surface area contributed by atoms with Gasteiger partial charge in [-0.25, -0.2) is 8.42 Å². The molecule has 3 rings (SSSR count). The van der Waals surface area contributed by atoms with Crippen LogP contribution in [0.5, 0.6) is 0 Å². The van der Waals surface area contributed by atoms with Crippen molar-refractivity contribution in [3.63, 3.8) is 0 Å². The Bertz CT molecular complexity index is 805. The molecule has 1 fully saturated rings. The highest BCUT2D eigenvalue weighted by Crippen LogP contribution is 2.26. The van der Waals surface area contributed by atoms with Gasteiger partial charge in [-0.2, -0.15) is 4.31 Å². The van der Waals surface area contributed by atoms with Crippen LogP contribution in [-0.2, 0) is 10.0 Å². The van der Waals surface area contributed by atoms with Gasteiger partial charge in [-0.15, -0.1) is 0 Å². The number of sulfonamides is 1. The van der Waals surface area contributed by atoms with E-state index in [0.29, 0.717) is 11.9 Å². The fourth-order valence-electron chi connectivity index (χ4n) is 2.38. The van der Waals surface area contributed by atoms with Gasteiger partial charge in [0.1, 0.15) is 0 Å². The van der Waals surface area contributed by atoms with Crippen LogP contribution in [-0.4, -0.2) is 43.3 Å². The molecule has 0 aliphatic carbocycles. The molecule has 1 aromatic heterocycles. The molecule has 2 atom stereocenters. The molecule has 2 aromatic rings. The van der Waals surface area contributed by atoms with Crippen molar-refractivity contribution in [3.8, 4) is 0 Å². The lowest BCUT2D eigenvalue weighted by Gasteiger charge is -2.33. The second-order valence-corrected chi connectivity index (χ2v) is 6.50. The zero-order chi connectivity index (χ0) is 16.0. The van der Waals surface area contributed by atoms with Crippen molar-refractivity contribution in [3.05, 3.63) is 36.7 Å². The highest BCUT2D eigenvalue weighted by Gasteiger charge is 2.31. The minimum Gasteiger partial charge on any atom is -0.314 e. The zero-order valence-corrected chi connectivity index (χ0v) is 11.9. The van der Waals surface area contributed by atoms with Gasteiger partial charge >= 0.3 is 0 Å². The summed E-state index contributed by atoms with van der Waals surface area (Å²) in [5.74, 6) is 0. The van der Waals surface area contributed by atoms with Gasteiger partial charge in [0.15, 0.2) is 0 Å². The van der Waals surface area contributed by atoms with Crippen molar-refractivity contribution in [2.24, 2.45) is 0 Å². The largest absolute Gasteiger partial charge is 0.314 e. The lowest BCUT2D eigenvalue weighted by Crippen LogP contribution is -2.52. The second kappa shape index (κ2) is 5.12. The molecule has 0 radical (unpaired) electrons. The van der Waals surface area contributed by atoms with E-state index in [-0.39, 0.29) is 11.4 Å². The Hall–Kier alpha value is -1.50. The van der Waals surface area contributed by atoms with Gasteiger partial charge in [0.2, 0.25) is 10.0 Å². The molecule has 106 valence electrons. The van der Waals surface area contributed by atoms with Crippen molar-refractivity contribution in [2.45, 2.75) is 17.8 Å². The van der Waals surface area contributed by atoms with E-state index < -0.39 is 22.6 Å². The van der Waals surface area contributed by atoms with Gasteiger partial charge in [-0.05, 0) is 19.1 Å². The van der Waals surface area contributed by atoms with Crippen LogP contribution in [0.1, 0.15) is 9.67 Å². The molecule has 1 aliphatic rings. The van der Waals surface area contributed by atoms with Crippen molar-refractivity contribution < 1.29 is 11.2 Å². The summed E-state index contributed by atoms with van der Waals surface area (Å²) < 4.78 is 43.4. The van der Waals surface area contributed by atoms with Crippen LogP contribution in [0.3, 0.4) is 0 Å². The normalized spacial score (nSPS) is 29.9. The van der Waals surface area contributed by atoms with Crippen LogP contribution in [0, 0.1) is 0 Å². The highest BCUT2D eigenvalue weighted by atomic mass is 32.2. The summed E-state index contributed by atoms with van der Waals surface area (Å²) in [6.45, 7) is 0.974. The maximum atomic E-state index is 13.0. The Kier molecular flexibility index (Phi) is 2.87. The van der Waals surface area contributed by atoms with Gasteiger partial charge in [-0.1, -0.05) is 12.1 Å². The van der Waals surface area contributed by atoms with Gasteiger partial charge in [0.25, 0.3) is 0 Å². The number of fused-ring (bicyclic) bond motifs is 1. The van der Waals surface area contributed by atoms with Gasteiger partial charge in [0.05, 0.1) is 4.90 Å². The van der Waals surface area contributed by atoms with Gasteiger partial charge in [-0.3, -0.25) is 4.98 Å². The first-order valence-electron chi connectivity index (χ1n) is 7.44. The lowest BCUT2D eigenvalue weighted by molar-refractivity contribution is 0.284. The molecule has 0 bridgehead atoms. The summed E-state index contributed by atoms with van der Waals surface area (Å²) in [5.41, 5.74) is 0. The summed E-state index contributed by atoms with van der Waals surface area (Å²) in [7, 11) is -3.87. The third-order valence-corrected chi connectivity index (χ3v) is 5.33. The first kappa shape index (κ1) is 11.2. The van der Waals surface area contributed by atoms with E-state index in [2.05, 4.69) is 10.3 Å². The van der Waals surface area contributed by atoms with Crippen LogP contribution in [0.25, 0.3) is 10.8 Å². The maximum absolute atomic E-state index is 13.0. The number of rotatable bonds is 2. The predicted octanol–water partition coefficient (Wildman–Crippen LogP) is 1.22. The molecule has 2 unspecified atom stereocenters. The fraction of sp³-hybridized carbons (Fsp3) is 0.357. The summed E-state index contributed by atoms with van der Waals surface area (Å²) in [6, 6.07) is 5.09. The topological polar surface area (TPSA) is 62.3 Å². The lowest BCUT2D eigenvalue weighted by atomic mass is 10.2. The molecule has 1 saturated heterocycles. The fourth-order valence-corrected chi connectivity index (χ4v) is 4.10. The number of benzene rings is 1. The average Bonchev–Trinajstić information content (AvgIpc) is 2.49. The SMILES string of the molecule is [2H]C1NCCN(S(=O)(=O)c2cccc3cnccc23)C1([2H])C. The number of nitrogens with one attached hydrogen (secondary N) is 1. The van der Waals surface area contributed by atoms with Crippen molar-refractivity contribution in [1.82, 2.24) is 14.6 Å². The number of hydrogen-bond donors (Lipinski definition) is 1. The number of hydrogen-bond acceptors (Lipinski definition) is 4. The molecular formula is C14H17N3O2S. The molecule has 1 aliphatic heterocycles. The second-order valence-electron chi connectivity index (χ2n) is 4.67. The van der Waals surface area contributed by atoms with Crippen LogP contribution < -0.4 is 5.32 Å². The van der Waals surface area contributed by atoms with E-state index in [9.17, 15) is 8.42 Å². The van der Waals surface area contributed by atoms with E-state index in [0.717, 1.165) is 9.69 Å². The number of aromatic nitrogens is 1. The first-order valence-corrected chi connectivity index (χ1v) is 7.80. The zero-order valence-electron chi connectivity index (χ0n) is 13.1. The Morgan fingerprint density at radius 3 is 3.20 bits per heavy atom. The summed E-state index contributed by atoms with van der Waals surface area (Å²) in [5, 5.41) is 4.13. The Morgan fingerprint density at radius 1 is 1.50 bits per heavy atom. The van der Waals surface area contributed by atoms with Gasteiger partial charge < -0.3 is 5.32 Å². The van der Waals surface area contributed by atoms with Crippen LogP contribution >= 0.6 is 0 Å². The smallest absolute Gasteiger partial charge is 0.244 e. The molecule has 2 heterocycles. The number of piperazine rings is 1. The maximum Gasteiger partial charge on any atom is 0.244 e. The van der Waals surface area contributed by atoms with Crippen molar-refractivity contribution in [2.75, 3.05) is 19.6 Å². The van der Waals surface area contributed by atoms with Crippen LogP contribution in [0.15, 0.2) is 41.6 Å². The van der Waals surface area contributed by atoms with E-state index in [1.165, 1.54) is 13.0 Å². The van der Waals surface area contributed by atoms with E-state index in [1.54, 1.807) is 30.6 Å². The third kappa shape index (κ3) is 2.19. The average molecular weight is 293 g/mol.